The molecule has 3 saturated heterocycles. The van der Waals surface area contributed by atoms with Crippen molar-refractivity contribution in [3.8, 4) is 0 Å². The fourth-order valence-electron chi connectivity index (χ4n) is 3.84. The third-order valence-corrected chi connectivity index (χ3v) is 4.84. The molecule has 0 N–H and O–H groups in total. The second kappa shape index (κ2) is 4.28. The maximum Gasteiger partial charge on any atom is 0.0594 e. The van der Waals surface area contributed by atoms with Gasteiger partial charge in [-0.3, -0.25) is 9.80 Å². The van der Waals surface area contributed by atoms with Crippen molar-refractivity contribution in [3.05, 3.63) is 0 Å². The van der Waals surface area contributed by atoms with Crippen LogP contribution in [0.1, 0.15) is 32.6 Å². The minimum Gasteiger partial charge on any atom is -0.379 e. The minimum absolute atomic E-state index is 0.553. The number of hydrogen-bond donors (Lipinski definition) is 0. The highest BCUT2D eigenvalue weighted by atomic mass is 16.5. The van der Waals surface area contributed by atoms with E-state index < -0.39 is 0 Å². The molecule has 92 valence electrons. The SMILES string of the molecule is CC12CCCN1C(CN1CCOCC1)CC2. The number of nitrogens with zero attached hydrogens (tertiary/aromatic N) is 2. The lowest BCUT2D eigenvalue weighted by Gasteiger charge is -2.35. The summed E-state index contributed by atoms with van der Waals surface area (Å²) in [6.45, 7) is 9.24. The Labute approximate surface area is 98.7 Å². The molecule has 0 saturated carbocycles. The van der Waals surface area contributed by atoms with Gasteiger partial charge in [-0.2, -0.15) is 0 Å². The molecule has 2 atom stereocenters. The monoisotopic (exact) mass is 224 g/mol. The van der Waals surface area contributed by atoms with Gasteiger partial charge in [0.15, 0.2) is 0 Å². The fourth-order valence-corrected chi connectivity index (χ4v) is 3.84. The van der Waals surface area contributed by atoms with Crippen molar-refractivity contribution in [2.75, 3.05) is 39.4 Å². The largest absolute Gasteiger partial charge is 0.379 e. The van der Waals surface area contributed by atoms with Crippen LogP contribution in [0.25, 0.3) is 0 Å². The van der Waals surface area contributed by atoms with Gasteiger partial charge in [-0.25, -0.2) is 0 Å². The van der Waals surface area contributed by atoms with E-state index in [9.17, 15) is 0 Å². The predicted octanol–water partition coefficient (Wildman–Crippen LogP) is 1.34. The van der Waals surface area contributed by atoms with E-state index in [-0.39, 0.29) is 0 Å². The molecule has 3 fully saturated rings. The zero-order chi connectivity index (χ0) is 11.0. The average molecular weight is 224 g/mol. The fraction of sp³-hybridized carbons (Fsp3) is 1.00. The first kappa shape index (κ1) is 11.0. The molecule has 0 spiro atoms. The molecule has 3 nitrogen and oxygen atoms in total. The van der Waals surface area contributed by atoms with Crippen molar-refractivity contribution < 1.29 is 4.74 Å². The maximum absolute atomic E-state index is 5.42. The second-order valence-corrected chi connectivity index (χ2v) is 5.90. The lowest BCUT2D eigenvalue weighted by Crippen LogP contribution is -2.47. The molecule has 3 aliphatic rings. The summed E-state index contributed by atoms with van der Waals surface area (Å²) in [6.07, 6.45) is 5.67. The normalized spacial score (nSPS) is 41.4. The van der Waals surface area contributed by atoms with Crippen LogP contribution in [0.3, 0.4) is 0 Å². The van der Waals surface area contributed by atoms with Crippen LogP contribution in [0, 0.1) is 0 Å². The highest BCUT2D eigenvalue weighted by Crippen LogP contribution is 2.41. The molecule has 2 unspecified atom stereocenters. The highest BCUT2D eigenvalue weighted by Gasteiger charge is 2.45. The summed E-state index contributed by atoms with van der Waals surface area (Å²) in [5.41, 5.74) is 0.553. The average Bonchev–Trinajstić information content (AvgIpc) is 2.80. The van der Waals surface area contributed by atoms with Gasteiger partial charge in [-0.15, -0.1) is 0 Å². The van der Waals surface area contributed by atoms with Crippen molar-refractivity contribution in [1.82, 2.24) is 9.80 Å². The van der Waals surface area contributed by atoms with E-state index >= 15 is 0 Å². The molecule has 0 amide bonds. The summed E-state index contributed by atoms with van der Waals surface area (Å²) in [6, 6.07) is 0.825. The Bertz CT molecular complexity index is 252. The maximum atomic E-state index is 5.42. The predicted molar refractivity (Wildman–Crippen MR) is 64.6 cm³/mol. The van der Waals surface area contributed by atoms with E-state index in [0.29, 0.717) is 5.54 Å². The van der Waals surface area contributed by atoms with Crippen LogP contribution in [0.4, 0.5) is 0 Å². The minimum atomic E-state index is 0.553. The number of ether oxygens (including phenoxy) is 1. The van der Waals surface area contributed by atoms with Crippen LogP contribution in [0.15, 0.2) is 0 Å². The summed E-state index contributed by atoms with van der Waals surface area (Å²) in [5.74, 6) is 0. The Hall–Kier alpha value is -0.120. The second-order valence-electron chi connectivity index (χ2n) is 5.90. The molecule has 0 aromatic carbocycles. The van der Waals surface area contributed by atoms with Crippen LogP contribution in [0.5, 0.6) is 0 Å². The molecular weight excluding hydrogens is 200 g/mol. The van der Waals surface area contributed by atoms with Gasteiger partial charge in [0.25, 0.3) is 0 Å². The van der Waals surface area contributed by atoms with Crippen molar-refractivity contribution in [2.45, 2.75) is 44.2 Å². The molecular formula is C13H24N2O. The van der Waals surface area contributed by atoms with Gasteiger partial charge in [-0.1, -0.05) is 0 Å². The van der Waals surface area contributed by atoms with Crippen LogP contribution >= 0.6 is 0 Å². The van der Waals surface area contributed by atoms with Gasteiger partial charge >= 0.3 is 0 Å². The molecule has 3 rings (SSSR count). The Balaban J connectivity index is 1.59. The third-order valence-electron chi connectivity index (χ3n) is 4.84. The molecule has 0 radical (unpaired) electrons. The lowest BCUT2D eigenvalue weighted by molar-refractivity contribution is 0.0232. The third kappa shape index (κ3) is 1.89. The van der Waals surface area contributed by atoms with E-state index in [4.69, 9.17) is 4.74 Å². The summed E-state index contributed by atoms with van der Waals surface area (Å²) in [5, 5.41) is 0. The Morgan fingerprint density at radius 2 is 2.00 bits per heavy atom. The first-order valence-corrected chi connectivity index (χ1v) is 6.85. The van der Waals surface area contributed by atoms with E-state index in [1.54, 1.807) is 0 Å². The van der Waals surface area contributed by atoms with Crippen LogP contribution in [0.2, 0.25) is 0 Å². The van der Waals surface area contributed by atoms with Crippen LogP contribution in [-0.4, -0.2) is 60.8 Å². The Morgan fingerprint density at radius 1 is 1.19 bits per heavy atom. The molecule has 0 aromatic heterocycles. The summed E-state index contributed by atoms with van der Waals surface area (Å²) >= 11 is 0. The lowest BCUT2D eigenvalue weighted by atomic mass is 9.97. The van der Waals surface area contributed by atoms with Crippen molar-refractivity contribution in [2.24, 2.45) is 0 Å². The van der Waals surface area contributed by atoms with E-state index in [1.807, 2.05) is 0 Å². The van der Waals surface area contributed by atoms with Gasteiger partial charge < -0.3 is 4.74 Å². The molecule has 3 aliphatic heterocycles. The smallest absolute Gasteiger partial charge is 0.0594 e. The Kier molecular flexibility index (Phi) is 2.94. The molecule has 0 aromatic rings. The number of hydrogen-bond acceptors (Lipinski definition) is 3. The van der Waals surface area contributed by atoms with E-state index in [1.165, 1.54) is 38.8 Å². The number of fused-ring (bicyclic) bond motifs is 1. The van der Waals surface area contributed by atoms with Crippen molar-refractivity contribution in [3.63, 3.8) is 0 Å². The zero-order valence-electron chi connectivity index (χ0n) is 10.5. The molecule has 3 heterocycles. The van der Waals surface area contributed by atoms with Gasteiger partial charge in [0.1, 0.15) is 0 Å². The number of morpholine rings is 1. The van der Waals surface area contributed by atoms with Gasteiger partial charge in [-0.05, 0) is 39.2 Å². The molecule has 16 heavy (non-hydrogen) atoms. The van der Waals surface area contributed by atoms with Crippen LogP contribution in [-0.2, 0) is 4.74 Å². The Morgan fingerprint density at radius 3 is 2.81 bits per heavy atom. The number of rotatable bonds is 2. The van der Waals surface area contributed by atoms with Crippen molar-refractivity contribution >= 4 is 0 Å². The van der Waals surface area contributed by atoms with Gasteiger partial charge in [0, 0.05) is 31.2 Å². The van der Waals surface area contributed by atoms with Crippen LogP contribution < -0.4 is 0 Å². The molecule has 3 heteroatoms. The highest BCUT2D eigenvalue weighted by molar-refractivity contribution is 5.02. The summed E-state index contributed by atoms with van der Waals surface area (Å²) in [7, 11) is 0. The molecule has 0 aliphatic carbocycles. The topological polar surface area (TPSA) is 15.7 Å². The van der Waals surface area contributed by atoms with Gasteiger partial charge in [0.05, 0.1) is 13.2 Å². The van der Waals surface area contributed by atoms with Crippen molar-refractivity contribution in [1.29, 1.82) is 0 Å². The van der Waals surface area contributed by atoms with E-state index in [0.717, 1.165) is 32.3 Å². The molecule has 0 bridgehead atoms. The van der Waals surface area contributed by atoms with Gasteiger partial charge in [0.2, 0.25) is 0 Å². The summed E-state index contributed by atoms with van der Waals surface area (Å²) in [4.78, 5) is 5.39. The zero-order valence-corrected chi connectivity index (χ0v) is 10.5. The first-order valence-electron chi connectivity index (χ1n) is 6.85. The summed E-state index contributed by atoms with van der Waals surface area (Å²) < 4.78 is 5.42. The quantitative estimate of drug-likeness (QED) is 0.704. The first-order chi connectivity index (χ1) is 7.78. The van der Waals surface area contributed by atoms with E-state index in [2.05, 4.69) is 16.7 Å². The standard InChI is InChI=1S/C13H24N2O/c1-13-4-2-6-15(13)12(3-5-13)11-14-7-9-16-10-8-14/h12H,2-11H2,1H3.